The minimum Gasteiger partial charge on any atom is -0.309 e. The molecule has 2 rings (SSSR count). The Hall–Kier alpha value is -1.06. The Balaban J connectivity index is 1.78. The van der Waals surface area contributed by atoms with Gasteiger partial charge in [0, 0.05) is 18.8 Å². The maximum Gasteiger partial charge on any atom is 0.190 e. The molecule has 1 atom stereocenters. The third-order valence-corrected chi connectivity index (χ3v) is 5.01. The van der Waals surface area contributed by atoms with Crippen molar-refractivity contribution >= 4 is 11.8 Å². The van der Waals surface area contributed by atoms with E-state index in [1.54, 1.807) is 11.8 Å². The monoisotopic (exact) mass is 293 g/mol. The second kappa shape index (κ2) is 6.59. The van der Waals surface area contributed by atoms with Gasteiger partial charge in [0.25, 0.3) is 0 Å². The molecule has 110 valence electrons. The summed E-state index contributed by atoms with van der Waals surface area (Å²) in [5, 5.41) is 22.1. The fraction of sp³-hybridized carbons (Fsp3) is 0.786. The largest absolute Gasteiger partial charge is 0.309 e. The van der Waals surface area contributed by atoms with E-state index in [0.29, 0.717) is 6.04 Å². The maximum atomic E-state index is 9.47. The van der Waals surface area contributed by atoms with Crippen LogP contribution < -0.4 is 5.32 Å². The molecule has 6 heteroatoms. The van der Waals surface area contributed by atoms with Crippen LogP contribution in [0.2, 0.25) is 0 Å². The molecule has 1 fully saturated rings. The highest BCUT2D eigenvalue weighted by molar-refractivity contribution is 7.99. The van der Waals surface area contributed by atoms with E-state index in [0.717, 1.165) is 36.0 Å². The van der Waals surface area contributed by atoms with Gasteiger partial charge >= 0.3 is 0 Å². The zero-order chi connectivity index (χ0) is 14.6. The van der Waals surface area contributed by atoms with Crippen LogP contribution in [0.1, 0.15) is 44.9 Å². The van der Waals surface area contributed by atoms with E-state index in [2.05, 4.69) is 28.5 Å². The van der Waals surface area contributed by atoms with Crippen LogP contribution in [0.25, 0.3) is 0 Å². The van der Waals surface area contributed by atoms with Crippen molar-refractivity contribution in [1.29, 1.82) is 5.26 Å². The highest BCUT2D eigenvalue weighted by atomic mass is 32.2. The van der Waals surface area contributed by atoms with Gasteiger partial charge in [-0.1, -0.05) is 18.7 Å². The second-order valence-electron chi connectivity index (χ2n) is 5.51. The lowest BCUT2D eigenvalue weighted by atomic mass is 9.92. The lowest BCUT2D eigenvalue weighted by Crippen LogP contribution is -2.44. The smallest absolute Gasteiger partial charge is 0.190 e. The summed E-state index contributed by atoms with van der Waals surface area (Å²) in [5.74, 6) is 1.91. The molecule has 1 saturated carbocycles. The summed E-state index contributed by atoms with van der Waals surface area (Å²) in [5.41, 5.74) is -0.336. The number of nitrogens with zero attached hydrogens (tertiary/aromatic N) is 4. The molecule has 1 aliphatic carbocycles. The Morgan fingerprint density at radius 2 is 2.25 bits per heavy atom. The van der Waals surface area contributed by atoms with Crippen LogP contribution in [0.15, 0.2) is 5.16 Å². The van der Waals surface area contributed by atoms with Gasteiger partial charge in [-0.05, 0) is 39.0 Å². The first-order valence-corrected chi connectivity index (χ1v) is 8.26. The number of thioether (sulfide) groups is 1. The quantitative estimate of drug-likeness (QED) is 0.589. The zero-order valence-electron chi connectivity index (χ0n) is 12.5. The lowest BCUT2D eigenvalue weighted by Gasteiger charge is -2.26. The highest BCUT2D eigenvalue weighted by Gasteiger charge is 2.34. The van der Waals surface area contributed by atoms with E-state index in [4.69, 9.17) is 0 Å². The molecule has 20 heavy (non-hydrogen) atoms. The summed E-state index contributed by atoms with van der Waals surface area (Å²) < 4.78 is 2.00. The van der Waals surface area contributed by atoms with Crippen LogP contribution >= 0.6 is 11.8 Å². The highest BCUT2D eigenvalue weighted by Crippen LogP contribution is 2.27. The number of nitrogens with one attached hydrogen (secondary N) is 1. The molecule has 0 bridgehead atoms. The molecular formula is C14H23N5S. The third kappa shape index (κ3) is 3.74. The number of hydrogen-bond donors (Lipinski definition) is 1. The third-order valence-electron chi connectivity index (χ3n) is 3.91. The number of aromatic nitrogens is 3. The molecule has 1 heterocycles. The van der Waals surface area contributed by atoms with Crippen molar-refractivity contribution in [2.24, 2.45) is 7.05 Å². The molecular weight excluding hydrogens is 270 g/mol. The molecule has 0 amide bonds. The predicted octanol–water partition coefficient (Wildman–Crippen LogP) is 2.42. The van der Waals surface area contributed by atoms with Crippen molar-refractivity contribution in [3.8, 4) is 6.07 Å². The maximum absolute atomic E-state index is 9.47. The van der Waals surface area contributed by atoms with Crippen molar-refractivity contribution in [2.75, 3.05) is 5.75 Å². The molecule has 1 aromatic heterocycles. The number of aryl methyl sites for hydroxylation is 1. The Morgan fingerprint density at radius 3 is 2.75 bits per heavy atom. The van der Waals surface area contributed by atoms with E-state index < -0.39 is 0 Å². The van der Waals surface area contributed by atoms with Gasteiger partial charge in [0.05, 0.1) is 6.07 Å². The van der Waals surface area contributed by atoms with E-state index >= 15 is 0 Å². The number of hydrogen-bond acceptors (Lipinski definition) is 5. The first kappa shape index (κ1) is 15.3. The zero-order valence-corrected chi connectivity index (χ0v) is 13.3. The van der Waals surface area contributed by atoms with Crippen LogP contribution in [0.3, 0.4) is 0 Å². The Labute approximate surface area is 125 Å². The summed E-state index contributed by atoms with van der Waals surface area (Å²) in [7, 11) is 1.98. The average Bonchev–Trinajstić information content (AvgIpc) is 3.22. The lowest BCUT2D eigenvalue weighted by molar-refractivity contribution is 0.367. The minimum absolute atomic E-state index is 0.336. The van der Waals surface area contributed by atoms with Crippen LogP contribution in [-0.2, 0) is 7.05 Å². The normalized spacial score (nSPS) is 17.7. The van der Waals surface area contributed by atoms with Gasteiger partial charge in [0.2, 0.25) is 0 Å². The molecule has 1 unspecified atom stereocenters. The summed E-state index contributed by atoms with van der Waals surface area (Å²) >= 11 is 1.72. The van der Waals surface area contributed by atoms with Gasteiger partial charge < -0.3 is 4.57 Å². The van der Waals surface area contributed by atoms with Gasteiger partial charge in [-0.2, -0.15) is 5.26 Å². The second-order valence-corrected chi connectivity index (χ2v) is 6.57. The van der Waals surface area contributed by atoms with Crippen molar-refractivity contribution in [2.45, 2.75) is 62.7 Å². The van der Waals surface area contributed by atoms with Crippen molar-refractivity contribution in [3.63, 3.8) is 0 Å². The van der Waals surface area contributed by atoms with Crippen LogP contribution in [0.5, 0.6) is 0 Å². The molecule has 0 aliphatic heterocycles. The molecule has 1 aromatic rings. The fourth-order valence-corrected chi connectivity index (χ4v) is 3.08. The van der Waals surface area contributed by atoms with E-state index in [9.17, 15) is 5.26 Å². The SMILES string of the molecule is CCC(C#N)(CCCSc1nnc(C)n1C)NC1CC1. The summed E-state index contributed by atoms with van der Waals surface area (Å²) in [4.78, 5) is 0. The minimum atomic E-state index is -0.336. The topological polar surface area (TPSA) is 66.5 Å². The van der Waals surface area contributed by atoms with E-state index in [1.165, 1.54) is 12.8 Å². The summed E-state index contributed by atoms with van der Waals surface area (Å²) in [6.45, 7) is 4.05. The fourth-order valence-electron chi connectivity index (χ4n) is 2.19. The van der Waals surface area contributed by atoms with Gasteiger partial charge in [-0.3, -0.25) is 5.32 Å². The molecule has 5 nitrogen and oxygen atoms in total. The van der Waals surface area contributed by atoms with E-state index in [1.807, 2.05) is 18.5 Å². The predicted molar refractivity (Wildman–Crippen MR) is 80.5 cm³/mol. The van der Waals surface area contributed by atoms with Crippen molar-refractivity contribution in [1.82, 2.24) is 20.1 Å². The Bertz CT molecular complexity index is 488. The van der Waals surface area contributed by atoms with Gasteiger partial charge in [0.1, 0.15) is 11.4 Å². The first-order chi connectivity index (χ1) is 9.60. The Morgan fingerprint density at radius 1 is 1.50 bits per heavy atom. The number of rotatable bonds is 8. The van der Waals surface area contributed by atoms with Crippen LogP contribution in [-0.4, -0.2) is 32.1 Å². The molecule has 1 N–H and O–H groups in total. The molecule has 0 spiro atoms. The summed E-state index contributed by atoms with van der Waals surface area (Å²) in [6, 6.07) is 3.07. The first-order valence-electron chi connectivity index (χ1n) is 7.28. The molecule has 0 saturated heterocycles. The van der Waals surface area contributed by atoms with Gasteiger partial charge in [-0.15, -0.1) is 10.2 Å². The summed E-state index contributed by atoms with van der Waals surface area (Å²) in [6.07, 6.45) is 5.22. The molecule has 0 radical (unpaired) electrons. The van der Waals surface area contributed by atoms with Gasteiger partial charge in [0.15, 0.2) is 5.16 Å². The van der Waals surface area contributed by atoms with Crippen LogP contribution in [0.4, 0.5) is 0 Å². The van der Waals surface area contributed by atoms with Crippen molar-refractivity contribution in [3.05, 3.63) is 5.82 Å². The van der Waals surface area contributed by atoms with E-state index in [-0.39, 0.29) is 5.54 Å². The Kier molecular flexibility index (Phi) is 5.06. The number of nitriles is 1. The average molecular weight is 293 g/mol. The van der Waals surface area contributed by atoms with Crippen LogP contribution in [0, 0.1) is 18.3 Å². The standard InChI is InChI=1S/C14H23N5S/c1-4-14(10-15,16-12-6-7-12)8-5-9-20-13-18-17-11(2)19(13)3/h12,16H,4-9H2,1-3H3. The van der Waals surface area contributed by atoms with Gasteiger partial charge in [-0.25, -0.2) is 0 Å². The molecule has 0 aromatic carbocycles. The molecule has 1 aliphatic rings. The van der Waals surface area contributed by atoms with Crippen molar-refractivity contribution < 1.29 is 0 Å².